The second kappa shape index (κ2) is 8.38. The Morgan fingerprint density at radius 1 is 1.16 bits per heavy atom. The normalized spacial score (nSPS) is 26.9. The van der Waals surface area contributed by atoms with Crippen molar-refractivity contribution in [1.82, 2.24) is 15.5 Å². The maximum atomic E-state index is 13.8. The summed E-state index contributed by atoms with van der Waals surface area (Å²) in [7, 11) is 1.70. The lowest BCUT2D eigenvalue weighted by molar-refractivity contribution is -0.129. The van der Waals surface area contributed by atoms with Crippen LogP contribution in [0.25, 0.3) is 0 Å². The van der Waals surface area contributed by atoms with Gasteiger partial charge in [0.05, 0.1) is 18.7 Å². The molecule has 0 spiro atoms. The molecule has 5 rings (SSSR count). The van der Waals surface area contributed by atoms with Crippen LogP contribution in [0.4, 0.5) is 0 Å². The number of nitrogens with one attached hydrogen (secondary N) is 2. The lowest BCUT2D eigenvalue weighted by Gasteiger charge is -2.51. The van der Waals surface area contributed by atoms with Crippen molar-refractivity contribution in [2.45, 2.75) is 63.3 Å². The fourth-order valence-corrected chi connectivity index (χ4v) is 5.37. The van der Waals surface area contributed by atoms with Crippen LogP contribution in [0.3, 0.4) is 0 Å². The molecule has 1 aliphatic carbocycles. The molecule has 3 atom stereocenters. The van der Waals surface area contributed by atoms with Crippen LogP contribution in [0.2, 0.25) is 0 Å². The first-order chi connectivity index (χ1) is 15.5. The summed E-state index contributed by atoms with van der Waals surface area (Å²) >= 11 is 0. The zero-order valence-corrected chi connectivity index (χ0v) is 19.2. The topological polar surface area (TPSA) is 53.6 Å². The molecular formula is C27H33N3O2. The van der Waals surface area contributed by atoms with Gasteiger partial charge in [-0.15, -0.1) is 0 Å². The van der Waals surface area contributed by atoms with Crippen LogP contribution < -0.4 is 15.4 Å². The molecule has 3 aliphatic rings. The molecule has 5 heteroatoms. The number of amides is 1. The first kappa shape index (κ1) is 21.2. The molecule has 5 nitrogen and oxygen atoms in total. The van der Waals surface area contributed by atoms with Gasteiger partial charge < -0.3 is 15.0 Å². The van der Waals surface area contributed by atoms with Crippen molar-refractivity contribution >= 4 is 5.91 Å². The van der Waals surface area contributed by atoms with E-state index in [9.17, 15) is 4.79 Å². The number of ether oxygens (including phenoxy) is 1. The Balaban J connectivity index is 1.43. The van der Waals surface area contributed by atoms with Crippen molar-refractivity contribution in [1.29, 1.82) is 0 Å². The number of nitrogens with zero attached hydrogens (tertiary/aromatic N) is 1. The molecule has 1 saturated heterocycles. The average molecular weight is 432 g/mol. The van der Waals surface area contributed by atoms with E-state index >= 15 is 0 Å². The number of hydrogen-bond acceptors (Lipinski definition) is 4. The van der Waals surface area contributed by atoms with Gasteiger partial charge in [0.1, 0.15) is 5.75 Å². The third-order valence-corrected chi connectivity index (χ3v) is 7.56. The van der Waals surface area contributed by atoms with Crippen LogP contribution >= 0.6 is 0 Å². The summed E-state index contributed by atoms with van der Waals surface area (Å²) < 4.78 is 5.50. The minimum atomic E-state index is -0.179. The third kappa shape index (κ3) is 3.63. The van der Waals surface area contributed by atoms with E-state index in [1.807, 2.05) is 12.1 Å². The maximum absolute atomic E-state index is 13.8. The van der Waals surface area contributed by atoms with Crippen molar-refractivity contribution < 1.29 is 9.53 Å². The van der Waals surface area contributed by atoms with Gasteiger partial charge in [0, 0.05) is 30.7 Å². The smallest absolute Gasteiger partial charge is 0.251 e. The molecule has 1 amide bonds. The highest BCUT2D eigenvalue weighted by Crippen LogP contribution is 2.39. The Labute approximate surface area is 190 Å². The predicted octanol–water partition coefficient (Wildman–Crippen LogP) is 3.67. The van der Waals surface area contributed by atoms with E-state index in [1.54, 1.807) is 7.11 Å². The van der Waals surface area contributed by atoms with Crippen LogP contribution in [0.15, 0.2) is 60.2 Å². The fourth-order valence-electron chi connectivity index (χ4n) is 5.37. The number of fused-ring (bicyclic) bond motifs is 2. The largest absolute Gasteiger partial charge is 0.496 e. The first-order valence-electron chi connectivity index (χ1n) is 11.7. The highest BCUT2D eigenvalue weighted by Gasteiger charge is 2.47. The van der Waals surface area contributed by atoms with E-state index in [0.717, 1.165) is 48.3 Å². The highest BCUT2D eigenvalue weighted by atomic mass is 16.5. The van der Waals surface area contributed by atoms with Gasteiger partial charge in [-0.1, -0.05) is 48.5 Å². The van der Waals surface area contributed by atoms with Crippen molar-refractivity contribution in [2.75, 3.05) is 13.7 Å². The molecule has 2 aromatic rings. The molecule has 0 aromatic heterocycles. The number of carbonyl (C=O) groups excluding carboxylic acids is 1. The zero-order chi connectivity index (χ0) is 22.3. The van der Waals surface area contributed by atoms with Crippen LogP contribution in [0.5, 0.6) is 5.75 Å². The second-order valence-electron chi connectivity index (χ2n) is 9.44. The maximum Gasteiger partial charge on any atom is 0.251 e. The van der Waals surface area contributed by atoms with Crippen LogP contribution in [-0.2, 0) is 16.9 Å². The van der Waals surface area contributed by atoms with Crippen molar-refractivity contribution in [3.8, 4) is 5.75 Å². The highest BCUT2D eigenvalue weighted by molar-refractivity contribution is 5.95. The monoisotopic (exact) mass is 431 g/mol. The van der Waals surface area contributed by atoms with E-state index in [2.05, 4.69) is 71.9 Å². The Morgan fingerprint density at radius 2 is 1.94 bits per heavy atom. The molecule has 3 unspecified atom stereocenters. The summed E-state index contributed by atoms with van der Waals surface area (Å²) in [6.07, 6.45) is 5.19. The Morgan fingerprint density at radius 3 is 2.66 bits per heavy atom. The second-order valence-corrected chi connectivity index (χ2v) is 9.44. The van der Waals surface area contributed by atoms with Crippen molar-refractivity contribution in [3.05, 3.63) is 76.9 Å². The molecular weight excluding hydrogens is 398 g/mol. The van der Waals surface area contributed by atoms with Crippen LogP contribution in [0, 0.1) is 6.92 Å². The van der Waals surface area contributed by atoms with E-state index in [0.29, 0.717) is 12.6 Å². The summed E-state index contributed by atoms with van der Waals surface area (Å²) in [5, 5.41) is 7.55. The van der Waals surface area contributed by atoms with Gasteiger partial charge in [-0.05, 0) is 55.9 Å². The SMILES string of the molecule is COc1cccc(CN(C(=O)C2=CCC3(c4ccccc4)NC2CNC3C)C2CC2)c1C. The lowest BCUT2D eigenvalue weighted by atomic mass is 9.74. The number of hydrogen-bond donors (Lipinski definition) is 2. The van der Waals surface area contributed by atoms with Gasteiger partial charge in [0.2, 0.25) is 0 Å². The van der Waals surface area contributed by atoms with Gasteiger partial charge in [-0.2, -0.15) is 0 Å². The lowest BCUT2D eigenvalue weighted by Crippen LogP contribution is -2.69. The fraction of sp³-hybridized carbons (Fsp3) is 0.444. The molecule has 2 bridgehead atoms. The minimum Gasteiger partial charge on any atom is -0.496 e. The zero-order valence-electron chi connectivity index (χ0n) is 19.2. The van der Waals surface area contributed by atoms with Gasteiger partial charge in [-0.25, -0.2) is 0 Å². The van der Waals surface area contributed by atoms with Gasteiger partial charge >= 0.3 is 0 Å². The van der Waals surface area contributed by atoms with Crippen molar-refractivity contribution in [2.24, 2.45) is 0 Å². The van der Waals surface area contributed by atoms with E-state index in [4.69, 9.17) is 4.74 Å². The molecule has 2 aromatic carbocycles. The van der Waals surface area contributed by atoms with E-state index < -0.39 is 0 Å². The molecule has 0 radical (unpaired) electrons. The standard InChI is InChI=1S/C27H33N3O2/c1-18-20(8-7-11-25(18)32-3)17-30(22-12-13-22)26(31)23-14-15-27(21-9-5-4-6-10-21)19(2)28-16-24(23)29-27/h4-11,14,19,22,24,28-29H,12-13,15-17H2,1-3H3. The van der Waals surface area contributed by atoms with E-state index in [1.165, 1.54) is 5.56 Å². The molecule has 2 aliphatic heterocycles. The summed E-state index contributed by atoms with van der Waals surface area (Å²) in [5.74, 6) is 1.05. The van der Waals surface area contributed by atoms with Crippen LogP contribution in [-0.4, -0.2) is 42.6 Å². The van der Waals surface area contributed by atoms with Crippen LogP contribution in [0.1, 0.15) is 42.9 Å². The Hall–Kier alpha value is -2.63. The number of benzene rings is 2. The van der Waals surface area contributed by atoms with E-state index in [-0.39, 0.29) is 23.5 Å². The molecule has 32 heavy (non-hydrogen) atoms. The summed E-state index contributed by atoms with van der Waals surface area (Å²) in [6, 6.07) is 17.4. The van der Waals surface area contributed by atoms with Gasteiger partial charge in [-0.3, -0.25) is 10.1 Å². The molecule has 2 N–H and O–H groups in total. The quantitative estimate of drug-likeness (QED) is 0.733. The predicted molar refractivity (Wildman–Crippen MR) is 127 cm³/mol. The summed E-state index contributed by atoms with van der Waals surface area (Å²) in [5.41, 5.74) is 4.27. The first-order valence-corrected chi connectivity index (χ1v) is 11.7. The molecule has 2 fully saturated rings. The average Bonchev–Trinajstić information content (AvgIpc) is 3.66. The number of methoxy groups -OCH3 is 1. The summed E-state index contributed by atoms with van der Waals surface area (Å²) in [6.45, 7) is 5.71. The summed E-state index contributed by atoms with van der Waals surface area (Å²) in [4.78, 5) is 15.9. The number of carbonyl (C=O) groups is 1. The third-order valence-electron chi connectivity index (χ3n) is 7.56. The molecule has 168 valence electrons. The van der Waals surface area contributed by atoms with Crippen molar-refractivity contribution in [3.63, 3.8) is 0 Å². The minimum absolute atomic E-state index is 0.0142. The number of piperazine rings is 1. The number of rotatable bonds is 6. The molecule has 1 saturated carbocycles. The van der Waals surface area contributed by atoms with Gasteiger partial charge in [0.15, 0.2) is 0 Å². The van der Waals surface area contributed by atoms with Gasteiger partial charge in [0.25, 0.3) is 5.91 Å². The molecule has 2 heterocycles. The Bertz CT molecular complexity index is 1030. The Kier molecular flexibility index (Phi) is 5.56.